The van der Waals surface area contributed by atoms with Crippen molar-refractivity contribution in [1.29, 1.82) is 0 Å². The Hall–Kier alpha value is -4.03. The molecule has 4 rings (SSSR count). The Bertz CT molecular complexity index is 1330. The molecule has 3 heterocycles. The molecule has 0 aliphatic carbocycles. The highest BCUT2D eigenvalue weighted by Crippen LogP contribution is 2.28. The van der Waals surface area contributed by atoms with Gasteiger partial charge in [0.1, 0.15) is 5.82 Å². The van der Waals surface area contributed by atoms with Gasteiger partial charge in [0, 0.05) is 22.9 Å². The highest BCUT2D eigenvalue weighted by atomic mass is 32.1. The lowest BCUT2D eigenvalue weighted by Gasteiger charge is -2.17. The van der Waals surface area contributed by atoms with Crippen LogP contribution in [-0.2, 0) is 30.3 Å². The summed E-state index contributed by atoms with van der Waals surface area (Å²) >= 11 is 1.63. The van der Waals surface area contributed by atoms with Gasteiger partial charge in [-0.05, 0) is 53.4 Å². The molecule has 2 aromatic heterocycles. The number of rotatable bonds is 8. The van der Waals surface area contributed by atoms with Gasteiger partial charge in [0.2, 0.25) is 5.91 Å². The maximum atomic E-state index is 13.1. The predicted octanol–water partition coefficient (Wildman–Crippen LogP) is 1.39. The molecule has 0 spiro atoms. The fourth-order valence-electron chi connectivity index (χ4n) is 3.78. The lowest BCUT2D eigenvalue weighted by atomic mass is 10.0. The largest absolute Gasteiger partial charge is 0.467 e. The zero-order valence-electron chi connectivity index (χ0n) is 19.6. The van der Waals surface area contributed by atoms with Crippen molar-refractivity contribution in [1.82, 2.24) is 21.2 Å². The number of methoxy groups -OCH3 is 1. The van der Waals surface area contributed by atoms with Gasteiger partial charge in [-0.2, -0.15) is 0 Å². The minimum Gasteiger partial charge on any atom is -0.467 e. The van der Waals surface area contributed by atoms with Crippen LogP contribution in [0.3, 0.4) is 0 Å². The van der Waals surface area contributed by atoms with Gasteiger partial charge in [-0.15, -0.1) is 11.3 Å². The number of amides is 3. The summed E-state index contributed by atoms with van der Waals surface area (Å²) in [7, 11) is 1.19. The van der Waals surface area contributed by atoms with Gasteiger partial charge in [0.05, 0.1) is 13.2 Å². The first-order valence-corrected chi connectivity index (χ1v) is 12.0. The quantitative estimate of drug-likeness (QED) is 0.200. The summed E-state index contributed by atoms with van der Waals surface area (Å²) in [6, 6.07) is 9.18. The van der Waals surface area contributed by atoms with Gasteiger partial charge >= 0.3 is 5.97 Å². The van der Waals surface area contributed by atoms with Crippen LogP contribution < -0.4 is 21.9 Å². The van der Waals surface area contributed by atoms with Gasteiger partial charge in [-0.1, -0.05) is 12.1 Å². The number of fused-ring (bicyclic) bond motifs is 1. The van der Waals surface area contributed by atoms with Crippen molar-refractivity contribution in [2.24, 2.45) is 0 Å². The van der Waals surface area contributed by atoms with Crippen LogP contribution in [0.2, 0.25) is 0 Å². The first-order valence-electron chi connectivity index (χ1n) is 11.1. The molecule has 188 valence electrons. The van der Waals surface area contributed by atoms with E-state index in [2.05, 4.69) is 25.9 Å². The minimum absolute atomic E-state index is 0.0398. The number of pyridine rings is 1. The number of carbonyl (C=O) groups excluding carboxylic acids is 4. The number of nitrogens with zero attached hydrogens (tertiary/aromatic N) is 1. The second-order valence-corrected chi connectivity index (χ2v) is 9.13. The molecule has 1 fully saturated rings. The molecule has 3 atom stereocenters. The number of nitrogen functional groups attached to an aromatic ring is 1. The fraction of sp³-hybridized carbons (Fsp3) is 0.292. The molecule has 0 saturated carbocycles. The molecule has 36 heavy (non-hydrogen) atoms. The van der Waals surface area contributed by atoms with Crippen molar-refractivity contribution in [2.45, 2.75) is 38.0 Å². The van der Waals surface area contributed by atoms with Crippen LogP contribution in [0.5, 0.6) is 0 Å². The normalized spacial score (nSPS) is 17.2. The molecule has 1 aromatic carbocycles. The Morgan fingerprint density at radius 1 is 1.19 bits per heavy atom. The van der Waals surface area contributed by atoms with Crippen LogP contribution in [-0.4, -0.2) is 48.0 Å². The molecule has 3 amide bonds. The van der Waals surface area contributed by atoms with Crippen LogP contribution >= 0.6 is 11.3 Å². The minimum atomic E-state index is -1.00. The number of epoxide rings is 1. The number of hydrogen-bond acceptors (Lipinski definition) is 9. The van der Waals surface area contributed by atoms with E-state index in [0.717, 1.165) is 15.6 Å². The van der Waals surface area contributed by atoms with Gasteiger partial charge in [-0.3, -0.25) is 25.2 Å². The van der Waals surface area contributed by atoms with Crippen LogP contribution in [0.25, 0.3) is 10.1 Å². The van der Waals surface area contributed by atoms with Gasteiger partial charge < -0.3 is 20.5 Å². The third-order valence-electron chi connectivity index (χ3n) is 5.73. The Balaban J connectivity index is 1.34. The van der Waals surface area contributed by atoms with Gasteiger partial charge in [-0.25, -0.2) is 9.78 Å². The molecular weight excluding hydrogens is 486 g/mol. The smallest absolute Gasteiger partial charge is 0.338 e. The number of nitrogens with one attached hydrogen (secondary N) is 3. The molecule has 1 aliphatic heterocycles. The molecule has 3 aromatic rings. The molecule has 0 radical (unpaired) electrons. The molecule has 5 N–H and O–H groups in total. The number of benzene rings is 1. The van der Waals surface area contributed by atoms with Crippen molar-refractivity contribution in [3.05, 3.63) is 58.6 Å². The summed E-state index contributed by atoms with van der Waals surface area (Å²) in [4.78, 5) is 52.7. The summed E-state index contributed by atoms with van der Waals surface area (Å²) in [5.74, 6) is -1.99. The van der Waals surface area contributed by atoms with Crippen LogP contribution in [0.1, 0.15) is 40.9 Å². The first-order chi connectivity index (χ1) is 17.3. The predicted molar refractivity (Wildman–Crippen MR) is 132 cm³/mol. The second-order valence-electron chi connectivity index (χ2n) is 8.18. The van der Waals surface area contributed by atoms with Crippen molar-refractivity contribution >= 4 is 50.9 Å². The van der Waals surface area contributed by atoms with Gasteiger partial charge in [0.25, 0.3) is 11.8 Å². The summed E-state index contributed by atoms with van der Waals surface area (Å²) < 4.78 is 10.6. The Morgan fingerprint density at radius 2 is 2.00 bits per heavy atom. The van der Waals surface area contributed by atoms with E-state index in [1.807, 2.05) is 36.6 Å². The zero-order chi connectivity index (χ0) is 25.8. The number of ether oxygens (including phenoxy) is 2. The van der Waals surface area contributed by atoms with Gasteiger partial charge in [0.15, 0.2) is 12.2 Å². The number of thiophene rings is 1. The molecule has 0 bridgehead atoms. The molecule has 1 aliphatic rings. The van der Waals surface area contributed by atoms with E-state index < -0.39 is 30.0 Å². The van der Waals surface area contributed by atoms with E-state index in [4.69, 9.17) is 10.5 Å². The van der Waals surface area contributed by atoms with Crippen molar-refractivity contribution in [3.63, 3.8) is 0 Å². The number of anilines is 1. The zero-order valence-corrected chi connectivity index (χ0v) is 20.4. The summed E-state index contributed by atoms with van der Waals surface area (Å²) in [6.45, 7) is 1.90. The third-order valence-corrected chi connectivity index (χ3v) is 6.61. The summed E-state index contributed by atoms with van der Waals surface area (Å²) in [5, 5.41) is 6.09. The number of carbonyl (C=O) groups is 4. The average Bonchev–Trinajstić information content (AvgIpc) is 3.53. The van der Waals surface area contributed by atoms with E-state index in [9.17, 15) is 19.2 Å². The molecule has 2 unspecified atom stereocenters. The summed E-state index contributed by atoms with van der Waals surface area (Å²) in [6.07, 6.45) is -0.378. The SMILES string of the molecule is COC(=O)C1OC1C(=O)NNC(=O)CCc1cnc(N)cc1C(=O)N[C@H](C)c1cccc2sccc12. The number of hydrogen-bond donors (Lipinski definition) is 4. The highest BCUT2D eigenvalue weighted by molar-refractivity contribution is 7.17. The second kappa shape index (κ2) is 10.7. The van der Waals surface area contributed by atoms with E-state index in [0.29, 0.717) is 11.1 Å². The monoisotopic (exact) mass is 511 g/mol. The number of nitrogens with two attached hydrogens (primary N) is 1. The number of hydrazine groups is 1. The van der Waals surface area contributed by atoms with E-state index in [-0.39, 0.29) is 30.6 Å². The van der Waals surface area contributed by atoms with E-state index in [1.54, 1.807) is 11.3 Å². The lowest BCUT2D eigenvalue weighted by Crippen LogP contribution is -2.44. The maximum Gasteiger partial charge on any atom is 0.338 e. The third kappa shape index (κ3) is 5.61. The molecule has 11 nitrogen and oxygen atoms in total. The van der Waals surface area contributed by atoms with Crippen molar-refractivity contribution < 1.29 is 28.7 Å². The lowest BCUT2D eigenvalue weighted by molar-refractivity contribution is -0.142. The summed E-state index contributed by atoms with van der Waals surface area (Å²) in [5.41, 5.74) is 12.1. The van der Waals surface area contributed by atoms with Crippen LogP contribution in [0.4, 0.5) is 5.82 Å². The highest BCUT2D eigenvalue weighted by Gasteiger charge is 2.51. The fourth-order valence-corrected chi connectivity index (χ4v) is 4.60. The Kier molecular flexibility index (Phi) is 7.46. The average molecular weight is 512 g/mol. The molecule has 1 saturated heterocycles. The standard InChI is InChI=1S/C24H25N5O6S/c1-12(14-4-3-5-17-15(14)8-9-36-17)27-22(31)16-10-18(25)26-11-13(16)6-7-19(30)28-29-23(32)20-21(35-20)24(33)34-2/h3-5,8-12,20-21H,6-7H2,1-2H3,(H2,25,26)(H,27,31)(H,28,30)(H,29,32)/t12-,20?,21?/m1/s1. The van der Waals surface area contributed by atoms with Crippen LogP contribution in [0.15, 0.2) is 41.9 Å². The van der Waals surface area contributed by atoms with Crippen molar-refractivity contribution in [3.8, 4) is 0 Å². The topological polar surface area (TPSA) is 165 Å². The van der Waals surface area contributed by atoms with E-state index >= 15 is 0 Å². The number of aryl methyl sites for hydroxylation is 1. The molecular formula is C24H25N5O6S. The number of aromatic nitrogens is 1. The Labute approximate surface area is 210 Å². The number of esters is 1. The van der Waals surface area contributed by atoms with Crippen LogP contribution in [0, 0.1) is 0 Å². The molecule has 12 heteroatoms. The Morgan fingerprint density at radius 3 is 2.78 bits per heavy atom. The van der Waals surface area contributed by atoms with Crippen molar-refractivity contribution in [2.75, 3.05) is 12.8 Å². The van der Waals surface area contributed by atoms with E-state index in [1.165, 1.54) is 19.4 Å². The maximum absolute atomic E-state index is 13.1. The first kappa shape index (κ1) is 25.1.